The summed E-state index contributed by atoms with van der Waals surface area (Å²) in [6.07, 6.45) is 1.36. The number of ether oxygens (including phenoxy) is 3. The maximum Gasteiger partial charge on any atom is 0.139 e. The van der Waals surface area contributed by atoms with Crippen molar-refractivity contribution in [2.75, 3.05) is 14.2 Å². The van der Waals surface area contributed by atoms with Crippen LogP contribution in [0.25, 0.3) is 0 Å². The van der Waals surface area contributed by atoms with Gasteiger partial charge in [0, 0.05) is 20.2 Å². The molecule has 12 heavy (non-hydrogen) atoms. The summed E-state index contributed by atoms with van der Waals surface area (Å²) < 4.78 is 16.2. The summed E-state index contributed by atoms with van der Waals surface area (Å²) in [7, 11) is 5.49. The summed E-state index contributed by atoms with van der Waals surface area (Å²) in [5.74, 6) is 0. The van der Waals surface area contributed by atoms with Crippen molar-refractivity contribution in [2.45, 2.75) is 37.7 Å². The van der Waals surface area contributed by atoms with Crippen LogP contribution in [0, 0.1) is 0 Å². The van der Waals surface area contributed by atoms with Gasteiger partial charge >= 0.3 is 0 Å². The van der Waals surface area contributed by atoms with Crippen molar-refractivity contribution in [1.82, 2.24) is 0 Å². The molecule has 0 aromatic rings. The average molecular weight is 172 g/mol. The molecule has 3 nitrogen and oxygen atoms in total. The number of methoxy groups -OCH3 is 2. The summed E-state index contributed by atoms with van der Waals surface area (Å²) in [6.45, 7) is 2.01. The first kappa shape index (κ1) is 10.0. The first-order valence-electron chi connectivity index (χ1n) is 4.40. The van der Waals surface area contributed by atoms with E-state index < -0.39 is 0 Å². The Bertz CT molecular complexity index is 142. The van der Waals surface area contributed by atoms with E-state index >= 15 is 0 Å². The van der Waals surface area contributed by atoms with Crippen LogP contribution in [0.4, 0.5) is 0 Å². The van der Waals surface area contributed by atoms with Crippen molar-refractivity contribution in [2.24, 2.45) is 0 Å². The number of hydrogen-bond donors (Lipinski definition) is 0. The smallest absolute Gasteiger partial charge is 0.139 e. The van der Waals surface area contributed by atoms with Crippen LogP contribution in [0.5, 0.6) is 0 Å². The molecule has 4 heteroatoms. The third kappa shape index (κ3) is 2.00. The van der Waals surface area contributed by atoms with Crippen molar-refractivity contribution in [3.63, 3.8) is 0 Å². The van der Waals surface area contributed by atoms with Crippen molar-refractivity contribution >= 4 is 7.85 Å². The van der Waals surface area contributed by atoms with Crippen molar-refractivity contribution in [3.8, 4) is 0 Å². The molecule has 4 atom stereocenters. The highest BCUT2D eigenvalue weighted by molar-refractivity contribution is 6.11. The van der Waals surface area contributed by atoms with E-state index in [4.69, 9.17) is 14.2 Å². The van der Waals surface area contributed by atoms with Crippen LogP contribution in [0.3, 0.4) is 0 Å². The Hall–Kier alpha value is -0.0551. The molecule has 1 fully saturated rings. The van der Waals surface area contributed by atoms with Crippen molar-refractivity contribution in [3.05, 3.63) is 0 Å². The third-order valence-corrected chi connectivity index (χ3v) is 2.46. The summed E-state index contributed by atoms with van der Waals surface area (Å²) >= 11 is 0. The molecule has 0 bridgehead atoms. The molecule has 0 amide bonds. The van der Waals surface area contributed by atoms with Gasteiger partial charge in [0.1, 0.15) is 14.0 Å². The van der Waals surface area contributed by atoms with Gasteiger partial charge in [-0.25, -0.2) is 0 Å². The molecule has 0 spiro atoms. The van der Waals surface area contributed by atoms with E-state index in [0.29, 0.717) is 0 Å². The first-order chi connectivity index (χ1) is 5.69. The third-order valence-electron chi connectivity index (χ3n) is 2.46. The minimum Gasteiger partial charge on any atom is -0.379 e. The molecule has 1 heterocycles. The SMILES string of the molecule is B[C@H]1C[C@H](OC)[C@@H]([C@@H](C)OC)O1. The fraction of sp³-hybridized carbons (Fsp3) is 1.00. The fourth-order valence-electron chi connectivity index (χ4n) is 1.65. The van der Waals surface area contributed by atoms with E-state index in [1.807, 2.05) is 6.92 Å². The molecule has 1 saturated heterocycles. The molecule has 70 valence electrons. The van der Waals surface area contributed by atoms with Crippen molar-refractivity contribution in [1.29, 1.82) is 0 Å². The van der Waals surface area contributed by atoms with Gasteiger partial charge in [0.25, 0.3) is 0 Å². The lowest BCUT2D eigenvalue weighted by Gasteiger charge is -2.22. The van der Waals surface area contributed by atoms with Gasteiger partial charge in [-0.3, -0.25) is 0 Å². The van der Waals surface area contributed by atoms with Crippen molar-refractivity contribution < 1.29 is 14.2 Å². The minimum absolute atomic E-state index is 0.0926. The second-order valence-electron chi connectivity index (χ2n) is 3.36. The van der Waals surface area contributed by atoms with E-state index in [2.05, 4.69) is 7.85 Å². The van der Waals surface area contributed by atoms with Crippen LogP contribution in [-0.2, 0) is 14.2 Å². The van der Waals surface area contributed by atoms with Crippen LogP contribution in [0.1, 0.15) is 13.3 Å². The van der Waals surface area contributed by atoms with Crippen LogP contribution in [0.15, 0.2) is 0 Å². The van der Waals surface area contributed by atoms with Crippen LogP contribution in [-0.4, -0.2) is 46.4 Å². The molecule has 0 radical (unpaired) electrons. The van der Waals surface area contributed by atoms with Gasteiger partial charge in [0.15, 0.2) is 0 Å². The molecule has 1 aliphatic heterocycles. The Morgan fingerprint density at radius 3 is 2.67 bits per heavy atom. The molecule has 0 unspecified atom stereocenters. The molecular formula is C8H17BO3. The molecule has 0 aromatic heterocycles. The summed E-state index contributed by atoms with van der Waals surface area (Å²) in [5, 5.41) is 0. The summed E-state index contributed by atoms with van der Waals surface area (Å²) in [5.41, 5.74) is 0. The highest BCUT2D eigenvalue weighted by Gasteiger charge is 2.36. The fourth-order valence-corrected chi connectivity index (χ4v) is 1.65. The topological polar surface area (TPSA) is 27.7 Å². The molecule has 0 saturated carbocycles. The Morgan fingerprint density at radius 2 is 2.17 bits per heavy atom. The van der Waals surface area contributed by atoms with Gasteiger partial charge in [-0.05, 0) is 13.3 Å². The number of hydrogen-bond acceptors (Lipinski definition) is 3. The predicted octanol–water partition coefficient (Wildman–Crippen LogP) is -0.216. The van der Waals surface area contributed by atoms with Gasteiger partial charge in [-0.15, -0.1) is 0 Å². The molecule has 0 N–H and O–H groups in total. The normalized spacial score (nSPS) is 38.4. The predicted molar refractivity (Wildman–Crippen MR) is 49.1 cm³/mol. The van der Waals surface area contributed by atoms with Gasteiger partial charge in [0.05, 0.1) is 12.2 Å². The molecule has 1 rings (SSSR count). The highest BCUT2D eigenvalue weighted by Crippen LogP contribution is 2.24. The van der Waals surface area contributed by atoms with E-state index in [9.17, 15) is 0 Å². The standard InChI is InChI=1S/C8H17BO3/c1-5(10-2)8-6(11-3)4-7(9)12-8/h5-8H,4,9H2,1-3H3/t5-,6+,7-,8-/m1/s1. The molecule has 0 aliphatic carbocycles. The summed E-state index contributed by atoms with van der Waals surface area (Å²) in [6, 6.07) is 0.289. The Labute approximate surface area is 74.8 Å². The molecular weight excluding hydrogens is 155 g/mol. The summed E-state index contributed by atoms with van der Waals surface area (Å²) in [4.78, 5) is 0. The zero-order valence-corrected chi connectivity index (χ0v) is 8.24. The van der Waals surface area contributed by atoms with Gasteiger partial charge in [-0.1, -0.05) is 0 Å². The first-order valence-corrected chi connectivity index (χ1v) is 4.40. The number of rotatable bonds is 3. The maximum absolute atomic E-state index is 5.67. The monoisotopic (exact) mass is 172 g/mol. The Morgan fingerprint density at radius 1 is 1.50 bits per heavy atom. The lowest BCUT2D eigenvalue weighted by atomic mass is 9.95. The Balaban J connectivity index is 2.51. The van der Waals surface area contributed by atoms with Gasteiger partial charge < -0.3 is 14.2 Å². The zero-order chi connectivity index (χ0) is 9.14. The average Bonchev–Trinajstić information content (AvgIpc) is 2.45. The van der Waals surface area contributed by atoms with Crippen LogP contribution >= 0.6 is 0 Å². The maximum atomic E-state index is 5.67. The van der Waals surface area contributed by atoms with Gasteiger partial charge in [0.2, 0.25) is 0 Å². The minimum atomic E-state index is 0.0926. The lowest BCUT2D eigenvalue weighted by molar-refractivity contribution is -0.0708. The quantitative estimate of drug-likeness (QED) is 0.551. The van der Waals surface area contributed by atoms with Crippen LogP contribution in [0.2, 0.25) is 0 Å². The van der Waals surface area contributed by atoms with E-state index in [-0.39, 0.29) is 24.3 Å². The van der Waals surface area contributed by atoms with E-state index in [1.54, 1.807) is 14.2 Å². The second kappa shape index (κ2) is 4.26. The zero-order valence-electron chi connectivity index (χ0n) is 8.24. The van der Waals surface area contributed by atoms with E-state index in [1.165, 1.54) is 0 Å². The second-order valence-corrected chi connectivity index (χ2v) is 3.36. The van der Waals surface area contributed by atoms with E-state index in [0.717, 1.165) is 6.42 Å². The molecule has 0 aromatic carbocycles. The van der Waals surface area contributed by atoms with Gasteiger partial charge in [-0.2, -0.15) is 0 Å². The van der Waals surface area contributed by atoms with Crippen LogP contribution < -0.4 is 0 Å². The highest BCUT2D eigenvalue weighted by atomic mass is 16.6. The molecule has 1 aliphatic rings. The Kier molecular flexibility index (Phi) is 3.56. The largest absolute Gasteiger partial charge is 0.379 e. The lowest BCUT2D eigenvalue weighted by Crippen LogP contribution is -2.34.